The van der Waals surface area contributed by atoms with Crippen molar-refractivity contribution >= 4 is 17.9 Å². The standard InChI is InChI=1S/C26H47NO7/c1-2-3-4-13-22-33-25(31)16-17-26(32)34-23-14-9-8-12-19-27(20-21-28)18-11-7-5-6-10-15-24(29)30/h16-17,28H,2-15,18-23H2,1H3,(H,29,30)/b17-16+. The number of carboxylic acids is 1. The van der Waals surface area contributed by atoms with E-state index < -0.39 is 17.9 Å². The van der Waals surface area contributed by atoms with Crippen LogP contribution in [0.25, 0.3) is 0 Å². The molecule has 0 saturated carbocycles. The van der Waals surface area contributed by atoms with Crippen molar-refractivity contribution in [3.63, 3.8) is 0 Å². The van der Waals surface area contributed by atoms with Crippen LogP contribution in [0, 0.1) is 0 Å². The van der Waals surface area contributed by atoms with E-state index in [0.717, 1.165) is 109 Å². The molecule has 0 aliphatic rings. The van der Waals surface area contributed by atoms with E-state index in [1.165, 1.54) is 0 Å². The van der Waals surface area contributed by atoms with E-state index in [0.29, 0.717) is 19.8 Å². The maximum absolute atomic E-state index is 11.7. The Morgan fingerprint density at radius 1 is 0.676 bits per heavy atom. The molecule has 0 bridgehead atoms. The van der Waals surface area contributed by atoms with Crippen LogP contribution in [0.5, 0.6) is 0 Å². The second-order valence-electron chi connectivity index (χ2n) is 8.62. The van der Waals surface area contributed by atoms with Crippen LogP contribution >= 0.6 is 0 Å². The monoisotopic (exact) mass is 485 g/mol. The quantitative estimate of drug-likeness (QED) is 0.117. The third-order valence-electron chi connectivity index (χ3n) is 5.49. The van der Waals surface area contributed by atoms with Crippen LogP contribution in [0.1, 0.15) is 96.8 Å². The van der Waals surface area contributed by atoms with E-state index in [4.69, 9.17) is 14.6 Å². The minimum absolute atomic E-state index is 0.147. The van der Waals surface area contributed by atoms with Crippen molar-refractivity contribution in [3.8, 4) is 0 Å². The molecule has 0 spiro atoms. The van der Waals surface area contributed by atoms with Gasteiger partial charge in [-0.15, -0.1) is 0 Å². The van der Waals surface area contributed by atoms with Crippen LogP contribution in [0.4, 0.5) is 0 Å². The highest BCUT2D eigenvalue weighted by molar-refractivity contribution is 5.91. The molecule has 2 N–H and O–H groups in total. The molecule has 198 valence electrons. The average Bonchev–Trinajstić information content (AvgIpc) is 2.81. The Hall–Kier alpha value is -1.93. The molecule has 0 amide bonds. The summed E-state index contributed by atoms with van der Waals surface area (Å²) < 4.78 is 10.1. The summed E-state index contributed by atoms with van der Waals surface area (Å²) in [5, 5.41) is 17.9. The van der Waals surface area contributed by atoms with Gasteiger partial charge in [-0.2, -0.15) is 0 Å². The molecule has 0 aromatic carbocycles. The second kappa shape index (κ2) is 24.2. The highest BCUT2D eigenvalue weighted by atomic mass is 16.5. The number of esters is 2. The van der Waals surface area contributed by atoms with Gasteiger partial charge >= 0.3 is 17.9 Å². The zero-order valence-electron chi connectivity index (χ0n) is 21.2. The molecule has 0 saturated heterocycles. The van der Waals surface area contributed by atoms with E-state index in [-0.39, 0.29) is 13.0 Å². The molecule has 0 rings (SSSR count). The first-order chi connectivity index (χ1) is 16.5. The van der Waals surface area contributed by atoms with Crippen LogP contribution in [-0.4, -0.2) is 72.5 Å². The highest BCUT2D eigenvalue weighted by Crippen LogP contribution is 2.08. The fourth-order valence-corrected chi connectivity index (χ4v) is 3.52. The first-order valence-electron chi connectivity index (χ1n) is 13.1. The fraction of sp³-hybridized carbons (Fsp3) is 0.808. The Bertz CT molecular complexity index is 551. The number of aliphatic carboxylic acids is 1. The lowest BCUT2D eigenvalue weighted by molar-refractivity contribution is -0.140. The number of nitrogens with zero attached hydrogens (tertiary/aromatic N) is 1. The summed E-state index contributed by atoms with van der Waals surface area (Å²) in [5.41, 5.74) is 0. The van der Waals surface area contributed by atoms with Crippen LogP contribution < -0.4 is 0 Å². The minimum atomic E-state index is -0.727. The number of aliphatic hydroxyl groups is 1. The lowest BCUT2D eigenvalue weighted by Gasteiger charge is -2.21. The molecule has 34 heavy (non-hydrogen) atoms. The lowest BCUT2D eigenvalue weighted by Crippen LogP contribution is -2.29. The predicted molar refractivity (Wildman–Crippen MR) is 133 cm³/mol. The van der Waals surface area contributed by atoms with Crippen LogP contribution in [0.2, 0.25) is 0 Å². The van der Waals surface area contributed by atoms with E-state index >= 15 is 0 Å². The molecule has 0 fully saturated rings. The van der Waals surface area contributed by atoms with Gasteiger partial charge in [0.2, 0.25) is 0 Å². The molecular formula is C26H47NO7. The summed E-state index contributed by atoms with van der Waals surface area (Å²) in [7, 11) is 0. The molecule has 8 heteroatoms. The van der Waals surface area contributed by atoms with Gasteiger partial charge in [-0.3, -0.25) is 4.79 Å². The summed E-state index contributed by atoms with van der Waals surface area (Å²) in [5.74, 6) is -1.77. The third-order valence-corrected chi connectivity index (χ3v) is 5.49. The number of hydrogen-bond donors (Lipinski definition) is 2. The Morgan fingerprint density at radius 2 is 1.15 bits per heavy atom. The summed E-state index contributed by atoms with van der Waals surface area (Å²) in [4.78, 5) is 35.9. The van der Waals surface area contributed by atoms with Gasteiger partial charge in [0.05, 0.1) is 19.8 Å². The summed E-state index contributed by atoms with van der Waals surface area (Å²) >= 11 is 0. The zero-order valence-corrected chi connectivity index (χ0v) is 21.2. The first kappa shape index (κ1) is 32.1. The number of unbranched alkanes of at least 4 members (excludes halogenated alkanes) is 10. The molecule has 0 aliphatic carbocycles. The highest BCUT2D eigenvalue weighted by Gasteiger charge is 2.05. The first-order valence-corrected chi connectivity index (χ1v) is 13.1. The molecule has 0 aromatic heterocycles. The van der Waals surface area contributed by atoms with Crippen molar-refractivity contribution < 1.29 is 34.1 Å². The van der Waals surface area contributed by atoms with Crippen molar-refractivity contribution in [2.45, 2.75) is 96.8 Å². The van der Waals surface area contributed by atoms with Crippen molar-refractivity contribution in [2.75, 3.05) is 39.5 Å². The van der Waals surface area contributed by atoms with Crippen LogP contribution in [-0.2, 0) is 23.9 Å². The number of carboxylic acid groups (broad SMARTS) is 1. The molecule has 0 unspecified atom stereocenters. The minimum Gasteiger partial charge on any atom is -0.481 e. The van der Waals surface area contributed by atoms with E-state index in [9.17, 15) is 19.5 Å². The maximum Gasteiger partial charge on any atom is 0.331 e. The van der Waals surface area contributed by atoms with Gasteiger partial charge in [-0.25, -0.2) is 9.59 Å². The predicted octanol–water partition coefficient (Wildman–Crippen LogP) is 4.49. The molecule has 0 aromatic rings. The van der Waals surface area contributed by atoms with Gasteiger partial charge < -0.3 is 24.6 Å². The Balaban J connectivity index is 3.69. The molecule has 0 heterocycles. The SMILES string of the molecule is CCCCCCOC(=O)/C=C/C(=O)OCCCCCCN(CCO)CCCCCCCC(=O)O. The summed E-state index contributed by atoms with van der Waals surface area (Å²) in [6, 6.07) is 0. The van der Waals surface area contributed by atoms with E-state index in [1.54, 1.807) is 0 Å². The Morgan fingerprint density at radius 3 is 1.65 bits per heavy atom. The van der Waals surface area contributed by atoms with Gasteiger partial charge in [0.1, 0.15) is 0 Å². The van der Waals surface area contributed by atoms with Gasteiger partial charge in [0, 0.05) is 25.1 Å². The van der Waals surface area contributed by atoms with Crippen LogP contribution in [0.15, 0.2) is 12.2 Å². The smallest absolute Gasteiger partial charge is 0.331 e. The second-order valence-corrected chi connectivity index (χ2v) is 8.62. The number of carbonyl (C=O) groups is 3. The maximum atomic E-state index is 11.7. The summed E-state index contributed by atoms with van der Waals surface area (Å²) in [6.07, 6.45) is 15.3. The van der Waals surface area contributed by atoms with Crippen LogP contribution in [0.3, 0.4) is 0 Å². The van der Waals surface area contributed by atoms with Gasteiger partial charge in [0.25, 0.3) is 0 Å². The number of aliphatic hydroxyl groups excluding tert-OH is 1. The lowest BCUT2D eigenvalue weighted by atomic mass is 10.1. The number of ether oxygens (including phenoxy) is 2. The molecule has 0 atom stereocenters. The van der Waals surface area contributed by atoms with Gasteiger partial charge in [0.15, 0.2) is 0 Å². The normalized spacial score (nSPS) is 11.3. The number of rotatable bonds is 24. The summed E-state index contributed by atoms with van der Waals surface area (Å²) in [6.45, 7) is 5.53. The van der Waals surface area contributed by atoms with Crippen molar-refractivity contribution in [1.29, 1.82) is 0 Å². The van der Waals surface area contributed by atoms with Gasteiger partial charge in [-0.1, -0.05) is 58.3 Å². The average molecular weight is 486 g/mol. The third kappa shape index (κ3) is 23.2. The topological polar surface area (TPSA) is 113 Å². The number of hydrogen-bond acceptors (Lipinski definition) is 7. The molecule has 0 radical (unpaired) electrons. The molecule has 8 nitrogen and oxygen atoms in total. The number of carbonyl (C=O) groups excluding carboxylic acids is 2. The van der Waals surface area contributed by atoms with Crippen molar-refractivity contribution in [2.24, 2.45) is 0 Å². The Labute approximate surface area is 205 Å². The van der Waals surface area contributed by atoms with Crippen molar-refractivity contribution in [3.05, 3.63) is 12.2 Å². The molecule has 0 aliphatic heterocycles. The Kier molecular flexibility index (Phi) is 22.8. The fourth-order valence-electron chi connectivity index (χ4n) is 3.52. The largest absolute Gasteiger partial charge is 0.481 e. The van der Waals surface area contributed by atoms with E-state index in [1.807, 2.05) is 0 Å². The zero-order chi connectivity index (χ0) is 25.3. The molecular weight excluding hydrogens is 438 g/mol. The van der Waals surface area contributed by atoms with Gasteiger partial charge in [-0.05, 0) is 45.2 Å². The van der Waals surface area contributed by atoms with E-state index in [2.05, 4.69) is 11.8 Å². The van der Waals surface area contributed by atoms with Crippen molar-refractivity contribution in [1.82, 2.24) is 4.90 Å².